The molecule has 196 valence electrons. The lowest BCUT2D eigenvalue weighted by atomic mass is 9.91. The zero-order chi connectivity index (χ0) is 27.2. The zero-order valence-corrected chi connectivity index (χ0v) is 22.0. The lowest BCUT2D eigenvalue weighted by Crippen LogP contribution is -2.39. The summed E-state index contributed by atoms with van der Waals surface area (Å²) in [5.74, 6) is -0.653. The van der Waals surface area contributed by atoms with Crippen LogP contribution in [0.15, 0.2) is 30.5 Å². The fraction of sp³-hybridized carbons (Fsp3) is 0.370. The van der Waals surface area contributed by atoms with Crippen LogP contribution in [0.2, 0.25) is 10.0 Å². The Morgan fingerprint density at radius 2 is 1.65 bits per heavy atom. The number of benzene rings is 2. The molecule has 1 saturated heterocycles. The van der Waals surface area contributed by atoms with Gasteiger partial charge >= 0.3 is 6.18 Å². The molecule has 2 aromatic carbocycles. The second-order valence-corrected chi connectivity index (χ2v) is 10.4. The molecule has 1 aliphatic rings. The van der Waals surface area contributed by atoms with Crippen LogP contribution in [0.25, 0.3) is 10.9 Å². The Morgan fingerprint density at radius 3 is 2.24 bits per heavy atom. The molecule has 0 aliphatic carbocycles. The summed E-state index contributed by atoms with van der Waals surface area (Å²) in [5, 5.41) is 0.196. The van der Waals surface area contributed by atoms with Crippen molar-refractivity contribution in [2.75, 3.05) is 13.1 Å². The van der Waals surface area contributed by atoms with Gasteiger partial charge in [0.15, 0.2) is 0 Å². The molecule has 0 radical (unpaired) electrons. The first-order valence-electron chi connectivity index (χ1n) is 11.8. The summed E-state index contributed by atoms with van der Waals surface area (Å²) in [6.07, 6.45) is -1.22. The molecule has 1 fully saturated rings. The number of alkyl halides is 3. The number of nitrogens with zero attached hydrogens (tertiary/aromatic N) is 2. The van der Waals surface area contributed by atoms with Crippen LogP contribution in [0, 0.1) is 19.8 Å². The Labute approximate surface area is 222 Å². The summed E-state index contributed by atoms with van der Waals surface area (Å²) in [5.41, 5.74) is 0.263. The molecule has 2 heterocycles. The van der Waals surface area contributed by atoms with Crippen LogP contribution in [0.5, 0.6) is 0 Å². The third-order valence-electron chi connectivity index (χ3n) is 6.85. The predicted molar refractivity (Wildman–Crippen MR) is 137 cm³/mol. The fourth-order valence-electron chi connectivity index (χ4n) is 5.00. The average Bonchev–Trinajstić information content (AvgIpc) is 3.15. The second kappa shape index (κ2) is 10.1. The zero-order valence-electron chi connectivity index (χ0n) is 20.5. The standard InChI is InChI=1S/C27H25Cl2F3N2O3/c1-14-10-18(27(30,31)32)12-20-15(2)13-34(24(14)20)26(37)22-21(28)5-4-19(23(22)29)25(36)33-8-6-17(7-9-33)11-16(3)35/h4-5,10,12-13,17H,6-9,11H2,1-3H3. The number of halogens is 5. The lowest BCUT2D eigenvalue weighted by Gasteiger charge is -2.32. The molecule has 5 nitrogen and oxygen atoms in total. The van der Waals surface area contributed by atoms with Crippen molar-refractivity contribution in [1.82, 2.24) is 9.47 Å². The quantitative estimate of drug-likeness (QED) is 0.346. The molecule has 3 aromatic rings. The number of aryl methyl sites for hydroxylation is 2. The number of hydrogen-bond acceptors (Lipinski definition) is 3. The number of amides is 1. The Morgan fingerprint density at radius 1 is 1.00 bits per heavy atom. The van der Waals surface area contributed by atoms with Gasteiger partial charge in [-0.1, -0.05) is 23.2 Å². The van der Waals surface area contributed by atoms with Gasteiger partial charge in [-0.05, 0) is 74.9 Å². The number of hydrogen-bond donors (Lipinski definition) is 0. The number of ketones is 1. The number of carbonyl (C=O) groups is 3. The third-order valence-corrected chi connectivity index (χ3v) is 7.56. The normalized spacial score (nSPS) is 14.9. The first kappa shape index (κ1) is 27.2. The molecule has 1 amide bonds. The van der Waals surface area contributed by atoms with Crippen LogP contribution in [0.1, 0.15) is 63.6 Å². The maximum Gasteiger partial charge on any atom is 0.416 e. The Bertz CT molecular complexity index is 1420. The first-order chi connectivity index (χ1) is 17.3. The van der Waals surface area contributed by atoms with Gasteiger partial charge in [0.1, 0.15) is 5.78 Å². The van der Waals surface area contributed by atoms with Crippen molar-refractivity contribution in [1.29, 1.82) is 0 Å². The number of piperidine rings is 1. The summed E-state index contributed by atoms with van der Waals surface area (Å²) in [7, 11) is 0. The number of Topliss-reactive ketones (excluding diaryl/α,β-unsaturated/α-hetero) is 1. The van der Waals surface area contributed by atoms with Crippen molar-refractivity contribution < 1.29 is 27.6 Å². The van der Waals surface area contributed by atoms with E-state index in [1.807, 2.05) is 0 Å². The van der Waals surface area contributed by atoms with E-state index in [1.54, 1.807) is 18.7 Å². The van der Waals surface area contributed by atoms with Crippen molar-refractivity contribution in [3.05, 3.63) is 68.3 Å². The summed E-state index contributed by atoms with van der Waals surface area (Å²) in [6.45, 7) is 5.59. The first-order valence-corrected chi connectivity index (χ1v) is 12.6. The van der Waals surface area contributed by atoms with E-state index in [9.17, 15) is 27.6 Å². The van der Waals surface area contributed by atoms with Gasteiger partial charge in [0, 0.05) is 31.1 Å². The second-order valence-electron chi connectivity index (χ2n) is 9.60. The Kier molecular flexibility index (Phi) is 7.45. The number of fused-ring (bicyclic) bond motifs is 1. The molecular weight excluding hydrogens is 528 g/mol. The highest BCUT2D eigenvalue weighted by molar-refractivity contribution is 6.41. The van der Waals surface area contributed by atoms with E-state index in [2.05, 4.69) is 0 Å². The maximum absolute atomic E-state index is 13.7. The highest BCUT2D eigenvalue weighted by Gasteiger charge is 2.33. The van der Waals surface area contributed by atoms with E-state index in [0.29, 0.717) is 43.4 Å². The van der Waals surface area contributed by atoms with Crippen LogP contribution < -0.4 is 0 Å². The summed E-state index contributed by atoms with van der Waals surface area (Å²) in [4.78, 5) is 40.0. The molecule has 1 aliphatic heterocycles. The number of carbonyl (C=O) groups excluding carboxylic acids is 3. The van der Waals surface area contributed by atoms with Crippen molar-refractivity contribution in [3.8, 4) is 0 Å². The van der Waals surface area contributed by atoms with Gasteiger partial charge in [0.25, 0.3) is 11.8 Å². The predicted octanol–water partition coefficient (Wildman–Crippen LogP) is 7.10. The van der Waals surface area contributed by atoms with Crippen molar-refractivity contribution in [2.24, 2.45) is 5.92 Å². The van der Waals surface area contributed by atoms with Gasteiger partial charge in [-0.15, -0.1) is 0 Å². The monoisotopic (exact) mass is 552 g/mol. The molecule has 0 N–H and O–H groups in total. The minimum Gasteiger partial charge on any atom is -0.339 e. The minimum absolute atomic E-state index is 0.0239. The summed E-state index contributed by atoms with van der Waals surface area (Å²) >= 11 is 13.0. The largest absolute Gasteiger partial charge is 0.416 e. The Balaban J connectivity index is 1.70. The van der Waals surface area contributed by atoms with E-state index in [1.165, 1.54) is 29.8 Å². The average molecular weight is 553 g/mol. The van der Waals surface area contributed by atoms with E-state index in [0.717, 1.165) is 12.1 Å². The smallest absolute Gasteiger partial charge is 0.339 e. The topological polar surface area (TPSA) is 59.4 Å². The molecule has 1 aromatic heterocycles. The van der Waals surface area contributed by atoms with Gasteiger partial charge in [0.2, 0.25) is 0 Å². The molecule has 0 unspecified atom stereocenters. The van der Waals surface area contributed by atoms with Crippen LogP contribution >= 0.6 is 23.2 Å². The number of aromatic nitrogens is 1. The maximum atomic E-state index is 13.7. The summed E-state index contributed by atoms with van der Waals surface area (Å²) in [6, 6.07) is 4.89. The van der Waals surface area contributed by atoms with Crippen LogP contribution in [0.3, 0.4) is 0 Å². The van der Waals surface area contributed by atoms with Crippen LogP contribution in [-0.4, -0.2) is 40.2 Å². The van der Waals surface area contributed by atoms with Crippen LogP contribution in [-0.2, 0) is 11.0 Å². The highest BCUT2D eigenvalue weighted by atomic mass is 35.5. The third kappa shape index (κ3) is 5.27. The van der Waals surface area contributed by atoms with Crippen molar-refractivity contribution in [2.45, 2.75) is 46.2 Å². The molecule has 0 bridgehead atoms. The van der Waals surface area contributed by atoms with Gasteiger partial charge in [0.05, 0.1) is 32.3 Å². The molecule has 0 spiro atoms. The van der Waals surface area contributed by atoms with Crippen molar-refractivity contribution >= 4 is 51.7 Å². The molecule has 10 heteroatoms. The lowest BCUT2D eigenvalue weighted by molar-refractivity contribution is -0.137. The summed E-state index contributed by atoms with van der Waals surface area (Å²) < 4.78 is 41.3. The Hall–Kier alpha value is -2.84. The number of likely N-dealkylation sites (tertiary alicyclic amines) is 1. The number of rotatable bonds is 4. The van der Waals surface area contributed by atoms with Crippen molar-refractivity contribution in [3.63, 3.8) is 0 Å². The van der Waals surface area contributed by atoms with E-state index in [-0.39, 0.29) is 49.7 Å². The molecule has 37 heavy (non-hydrogen) atoms. The molecule has 0 atom stereocenters. The van der Waals surface area contributed by atoms with E-state index in [4.69, 9.17) is 23.2 Å². The van der Waals surface area contributed by atoms with E-state index < -0.39 is 17.6 Å². The van der Waals surface area contributed by atoms with Gasteiger partial charge in [-0.3, -0.25) is 14.2 Å². The molecular formula is C27H25Cl2F3N2O3. The van der Waals surface area contributed by atoms with Gasteiger partial charge in [-0.25, -0.2) is 0 Å². The molecule has 0 saturated carbocycles. The minimum atomic E-state index is -4.53. The molecule has 4 rings (SSSR count). The van der Waals surface area contributed by atoms with Gasteiger partial charge < -0.3 is 9.69 Å². The van der Waals surface area contributed by atoms with Gasteiger partial charge in [-0.2, -0.15) is 13.2 Å². The SMILES string of the molecule is CC(=O)CC1CCN(C(=O)c2ccc(Cl)c(C(=O)n3cc(C)c4cc(C(F)(F)F)cc(C)c43)c2Cl)CC1. The fourth-order valence-corrected chi connectivity index (χ4v) is 5.62. The van der Waals surface area contributed by atoms with E-state index >= 15 is 0 Å². The van der Waals surface area contributed by atoms with Crippen LogP contribution in [0.4, 0.5) is 13.2 Å². The highest BCUT2D eigenvalue weighted by Crippen LogP contribution is 2.37.